The molecule has 0 unspecified atom stereocenters. The van der Waals surface area contributed by atoms with Crippen molar-refractivity contribution in [2.45, 2.75) is 37.6 Å². The highest BCUT2D eigenvalue weighted by Crippen LogP contribution is 2.25. The van der Waals surface area contributed by atoms with E-state index in [0.717, 1.165) is 18.4 Å². The van der Waals surface area contributed by atoms with E-state index in [1.165, 1.54) is 22.0 Å². The summed E-state index contributed by atoms with van der Waals surface area (Å²) in [6, 6.07) is 14.0. The molecular weight excluding hydrogens is 350 g/mol. The van der Waals surface area contributed by atoms with Gasteiger partial charge in [0, 0.05) is 13.1 Å². The number of nitrogens with zero attached hydrogens (tertiary/aromatic N) is 1. The van der Waals surface area contributed by atoms with Crippen LogP contribution in [0.25, 0.3) is 0 Å². The van der Waals surface area contributed by atoms with Gasteiger partial charge in [-0.2, -0.15) is 4.31 Å². The van der Waals surface area contributed by atoms with Gasteiger partial charge >= 0.3 is 5.97 Å². The summed E-state index contributed by atoms with van der Waals surface area (Å²) >= 11 is 0. The number of carbonyl (C=O) groups excluding carboxylic acids is 1. The van der Waals surface area contributed by atoms with Crippen LogP contribution in [0.4, 0.5) is 0 Å². The molecule has 0 radical (unpaired) electrons. The van der Waals surface area contributed by atoms with Crippen molar-refractivity contribution in [1.82, 2.24) is 4.31 Å². The quantitative estimate of drug-likeness (QED) is 0.575. The first-order valence-electron chi connectivity index (χ1n) is 8.86. The molecule has 0 aromatic heterocycles. The number of carbonyl (C=O) groups is 1. The van der Waals surface area contributed by atoms with Gasteiger partial charge < -0.3 is 4.74 Å². The van der Waals surface area contributed by atoms with E-state index in [9.17, 15) is 13.2 Å². The lowest BCUT2D eigenvalue weighted by molar-refractivity contribution is 0.0499. The monoisotopic (exact) mass is 373 g/mol. The molecule has 2 aromatic carbocycles. The lowest BCUT2D eigenvalue weighted by Crippen LogP contribution is -2.36. The molecule has 1 aliphatic heterocycles. The fraction of sp³-hybridized carbons (Fsp3) is 0.350. The van der Waals surface area contributed by atoms with Crippen molar-refractivity contribution >= 4 is 16.0 Å². The summed E-state index contributed by atoms with van der Waals surface area (Å²) in [4.78, 5) is 12.2. The van der Waals surface area contributed by atoms with Gasteiger partial charge in [-0.15, -0.1) is 0 Å². The zero-order valence-corrected chi connectivity index (χ0v) is 15.7. The molecule has 2 aromatic rings. The SMILES string of the molecule is CCCCOC(=O)c1cccc(S(=O)(=O)N2CCc3ccccc3C2)c1. The first-order valence-corrected chi connectivity index (χ1v) is 10.3. The summed E-state index contributed by atoms with van der Waals surface area (Å²) in [5.41, 5.74) is 2.48. The molecule has 0 N–H and O–H groups in total. The second-order valence-corrected chi connectivity index (χ2v) is 8.31. The van der Waals surface area contributed by atoms with Crippen molar-refractivity contribution in [3.05, 3.63) is 65.2 Å². The highest BCUT2D eigenvalue weighted by atomic mass is 32.2. The normalized spacial score (nSPS) is 14.7. The third-order valence-corrected chi connectivity index (χ3v) is 6.38. The Bertz CT molecular complexity index is 892. The first-order chi connectivity index (χ1) is 12.5. The van der Waals surface area contributed by atoms with E-state index >= 15 is 0 Å². The van der Waals surface area contributed by atoms with E-state index in [2.05, 4.69) is 0 Å². The summed E-state index contributed by atoms with van der Waals surface area (Å²) in [6.07, 6.45) is 2.41. The van der Waals surface area contributed by atoms with Crippen LogP contribution < -0.4 is 0 Å². The van der Waals surface area contributed by atoms with Crippen molar-refractivity contribution in [2.24, 2.45) is 0 Å². The molecule has 0 bridgehead atoms. The van der Waals surface area contributed by atoms with E-state index < -0.39 is 16.0 Å². The van der Waals surface area contributed by atoms with Gasteiger partial charge in [0.2, 0.25) is 10.0 Å². The van der Waals surface area contributed by atoms with Gasteiger partial charge in [0.25, 0.3) is 0 Å². The number of fused-ring (bicyclic) bond motifs is 1. The smallest absolute Gasteiger partial charge is 0.338 e. The van der Waals surface area contributed by atoms with Crippen LogP contribution in [0, 0.1) is 0 Å². The number of rotatable bonds is 6. The predicted octanol–water partition coefficient (Wildman–Crippen LogP) is 3.39. The Balaban J connectivity index is 1.80. The number of ether oxygens (including phenoxy) is 1. The zero-order valence-electron chi connectivity index (χ0n) is 14.8. The Morgan fingerprint density at radius 2 is 1.88 bits per heavy atom. The van der Waals surface area contributed by atoms with Crippen LogP contribution in [-0.4, -0.2) is 31.8 Å². The molecule has 0 saturated heterocycles. The van der Waals surface area contributed by atoms with Gasteiger partial charge in [-0.3, -0.25) is 0 Å². The van der Waals surface area contributed by atoms with Gasteiger partial charge in [-0.05, 0) is 42.2 Å². The average molecular weight is 373 g/mol. The summed E-state index contributed by atoms with van der Waals surface area (Å²) in [7, 11) is -3.66. The van der Waals surface area contributed by atoms with Crippen molar-refractivity contribution in [1.29, 1.82) is 0 Å². The first kappa shape index (κ1) is 18.6. The highest BCUT2D eigenvalue weighted by Gasteiger charge is 2.28. The zero-order chi connectivity index (χ0) is 18.6. The fourth-order valence-corrected chi connectivity index (χ4v) is 4.47. The van der Waals surface area contributed by atoms with Crippen LogP contribution in [0.2, 0.25) is 0 Å². The lowest BCUT2D eigenvalue weighted by Gasteiger charge is -2.28. The van der Waals surface area contributed by atoms with E-state index in [0.29, 0.717) is 26.1 Å². The van der Waals surface area contributed by atoms with E-state index in [1.54, 1.807) is 12.1 Å². The predicted molar refractivity (Wildman–Crippen MR) is 99.4 cm³/mol. The minimum atomic E-state index is -3.66. The molecule has 26 heavy (non-hydrogen) atoms. The Kier molecular flexibility index (Phi) is 5.74. The molecule has 3 rings (SSSR count). The number of hydrogen-bond acceptors (Lipinski definition) is 4. The maximum atomic E-state index is 13.0. The van der Waals surface area contributed by atoms with Gasteiger partial charge in [-0.25, -0.2) is 13.2 Å². The maximum Gasteiger partial charge on any atom is 0.338 e. The van der Waals surface area contributed by atoms with Gasteiger partial charge in [0.05, 0.1) is 17.1 Å². The second-order valence-electron chi connectivity index (χ2n) is 6.37. The fourth-order valence-electron chi connectivity index (χ4n) is 3.00. The standard InChI is InChI=1S/C20H23NO4S/c1-2-3-13-25-20(22)17-9-6-10-19(14-17)26(23,24)21-12-11-16-7-4-5-8-18(16)15-21/h4-10,14H,2-3,11-13,15H2,1H3. The third-order valence-electron chi connectivity index (χ3n) is 4.53. The molecule has 0 spiro atoms. The lowest BCUT2D eigenvalue weighted by atomic mass is 10.0. The second kappa shape index (κ2) is 8.01. The summed E-state index contributed by atoms with van der Waals surface area (Å²) in [5, 5.41) is 0. The van der Waals surface area contributed by atoms with Gasteiger partial charge in [0.1, 0.15) is 0 Å². The van der Waals surface area contributed by atoms with Crippen LogP contribution in [0.5, 0.6) is 0 Å². The Hall–Kier alpha value is -2.18. The van der Waals surface area contributed by atoms with Crippen molar-refractivity contribution in [2.75, 3.05) is 13.2 Å². The van der Waals surface area contributed by atoms with Crippen molar-refractivity contribution in [3.8, 4) is 0 Å². The molecule has 6 heteroatoms. The number of esters is 1. The topological polar surface area (TPSA) is 63.7 Å². The van der Waals surface area contributed by atoms with E-state index in [-0.39, 0.29) is 10.5 Å². The number of sulfonamides is 1. The van der Waals surface area contributed by atoms with E-state index in [4.69, 9.17) is 4.74 Å². The Labute approximate surface area is 154 Å². The molecule has 0 atom stereocenters. The van der Waals surface area contributed by atoms with Crippen molar-refractivity contribution in [3.63, 3.8) is 0 Å². The van der Waals surface area contributed by atoms with Crippen molar-refractivity contribution < 1.29 is 17.9 Å². The number of benzene rings is 2. The molecule has 0 saturated carbocycles. The van der Waals surface area contributed by atoms with Gasteiger partial charge in [0.15, 0.2) is 0 Å². The Morgan fingerprint density at radius 3 is 2.65 bits per heavy atom. The summed E-state index contributed by atoms with van der Waals surface area (Å²) in [5.74, 6) is -0.487. The van der Waals surface area contributed by atoms with Crippen LogP contribution in [0.1, 0.15) is 41.3 Å². The molecule has 0 aliphatic carbocycles. The minimum Gasteiger partial charge on any atom is -0.462 e. The maximum absolute atomic E-state index is 13.0. The summed E-state index contributed by atoms with van der Waals surface area (Å²) < 4.78 is 32.7. The average Bonchev–Trinajstić information content (AvgIpc) is 2.67. The van der Waals surface area contributed by atoms with Crippen LogP contribution in [0.3, 0.4) is 0 Å². The third kappa shape index (κ3) is 3.97. The molecule has 138 valence electrons. The molecule has 5 nitrogen and oxygen atoms in total. The highest BCUT2D eigenvalue weighted by molar-refractivity contribution is 7.89. The molecule has 1 heterocycles. The van der Waals surface area contributed by atoms with Crippen LogP contribution in [0.15, 0.2) is 53.4 Å². The number of unbranched alkanes of at least 4 members (excludes halogenated alkanes) is 1. The van der Waals surface area contributed by atoms with E-state index in [1.807, 2.05) is 31.2 Å². The molecule has 1 aliphatic rings. The molecular formula is C20H23NO4S. The molecule has 0 fully saturated rings. The van der Waals surface area contributed by atoms with Gasteiger partial charge in [-0.1, -0.05) is 43.7 Å². The Morgan fingerprint density at radius 1 is 1.12 bits per heavy atom. The largest absolute Gasteiger partial charge is 0.462 e. The minimum absolute atomic E-state index is 0.127. The van der Waals surface area contributed by atoms with Crippen LogP contribution >= 0.6 is 0 Å². The molecule has 0 amide bonds. The number of hydrogen-bond donors (Lipinski definition) is 0. The summed E-state index contributed by atoms with van der Waals surface area (Å²) in [6.45, 7) is 3.14. The van der Waals surface area contributed by atoms with Crippen LogP contribution in [-0.2, 0) is 27.7 Å².